The lowest BCUT2D eigenvalue weighted by molar-refractivity contribution is -0.140. The van der Waals surface area contributed by atoms with Gasteiger partial charge in [-0.15, -0.1) is 0 Å². The first kappa shape index (κ1) is 15.8. The highest BCUT2D eigenvalue weighted by Gasteiger charge is 2.34. The minimum atomic E-state index is -4.63. The van der Waals surface area contributed by atoms with Gasteiger partial charge in [0.15, 0.2) is 0 Å². The monoisotopic (exact) mass is 298 g/mol. The minimum Gasteiger partial charge on any atom is -0.206 e. The van der Waals surface area contributed by atoms with Crippen LogP contribution in [0.25, 0.3) is 0 Å². The predicted molar refractivity (Wildman–Crippen MR) is 75.4 cm³/mol. The summed E-state index contributed by atoms with van der Waals surface area (Å²) in [7, 11) is 0. The molecule has 0 spiro atoms. The summed E-state index contributed by atoms with van der Waals surface area (Å²) in [6, 6.07) is 3.32. The van der Waals surface area contributed by atoms with Crippen LogP contribution in [0.2, 0.25) is 0 Å². The molecule has 1 aromatic carbocycles. The molecule has 0 aliphatic heterocycles. The lowest BCUT2D eigenvalue weighted by atomic mass is 9.78. The maximum atomic E-state index is 13.6. The van der Waals surface area contributed by atoms with Crippen LogP contribution in [0.4, 0.5) is 17.6 Å². The summed E-state index contributed by atoms with van der Waals surface area (Å²) in [4.78, 5) is 0. The van der Waals surface area contributed by atoms with Crippen molar-refractivity contribution in [2.75, 3.05) is 0 Å². The molecule has 0 amide bonds. The Morgan fingerprint density at radius 1 is 1.10 bits per heavy atom. The van der Waals surface area contributed by atoms with Gasteiger partial charge in [-0.05, 0) is 55.2 Å². The van der Waals surface area contributed by atoms with E-state index < -0.39 is 17.6 Å². The molecule has 0 N–H and O–H groups in total. The number of benzene rings is 1. The summed E-state index contributed by atoms with van der Waals surface area (Å²) in [5.74, 6) is -0.539. The van der Waals surface area contributed by atoms with Crippen LogP contribution in [0.15, 0.2) is 43.0 Å². The molecule has 1 aliphatic carbocycles. The molecule has 0 aromatic heterocycles. The predicted octanol–water partition coefficient (Wildman–Crippen LogP) is 5.86. The van der Waals surface area contributed by atoms with Crippen molar-refractivity contribution >= 4 is 0 Å². The smallest absolute Gasteiger partial charge is 0.206 e. The van der Waals surface area contributed by atoms with Gasteiger partial charge >= 0.3 is 6.18 Å². The quantitative estimate of drug-likeness (QED) is 0.484. The molecule has 0 radical (unpaired) electrons. The fourth-order valence-electron chi connectivity index (χ4n) is 2.90. The summed E-state index contributed by atoms with van der Waals surface area (Å²) < 4.78 is 51.2. The molecule has 0 bridgehead atoms. The van der Waals surface area contributed by atoms with Gasteiger partial charge in [-0.2, -0.15) is 13.2 Å². The standard InChI is InChI=1S/C17H18F4/c1-2-3-4-12-5-7-13(8-6-12)14-9-10-15(16(18)11-14)17(19,20)21/h2-4,9-13H,1,5-8H2/b4-3+. The zero-order valence-electron chi connectivity index (χ0n) is 11.7. The Kier molecular flexibility index (Phi) is 4.86. The van der Waals surface area contributed by atoms with Gasteiger partial charge < -0.3 is 0 Å². The van der Waals surface area contributed by atoms with Gasteiger partial charge in [0.2, 0.25) is 0 Å². The Morgan fingerprint density at radius 3 is 2.29 bits per heavy atom. The van der Waals surface area contributed by atoms with Crippen LogP contribution in [0, 0.1) is 11.7 Å². The highest BCUT2D eigenvalue weighted by molar-refractivity contribution is 5.29. The number of rotatable bonds is 3. The lowest BCUT2D eigenvalue weighted by Gasteiger charge is -2.27. The van der Waals surface area contributed by atoms with E-state index in [-0.39, 0.29) is 5.92 Å². The van der Waals surface area contributed by atoms with Crippen molar-refractivity contribution in [3.63, 3.8) is 0 Å². The van der Waals surface area contributed by atoms with Gasteiger partial charge in [-0.25, -0.2) is 4.39 Å². The number of halogens is 4. The van der Waals surface area contributed by atoms with Crippen LogP contribution in [0.1, 0.15) is 42.7 Å². The zero-order valence-corrected chi connectivity index (χ0v) is 11.7. The average molecular weight is 298 g/mol. The molecule has 1 fully saturated rings. The largest absolute Gasteiger partial charge is 0.419 e. The second-order valence-electron chi connectivity index (χ2n) is 5.47. The highest BCUT2D eigenvalue weighted by atomic mass is 19.4. The Hall–Kier alpha value is -1.58. The third kappa shape index (κ3) is 3.96. The van der Waals surface area contributed by atoms with Crippen LogP contribution in [-0.2, 0) is 6.18 Å². The molecule has 0 heterocycles. The number of allylic oxidation sites excluding steroid dienone is 3. The zero-order chi connectivity index (χ0) is 15.5. The van der Waals surface area contributed by atoms with Gasteiger partial charge in [0.25, 0.3) is 0 Å². The molecular formula is C17H18F4. The van der Waals surface area contributed by atoms with E-state index in [0.717, 1.165) is 37.8 Å². The Bertz CT molecular complexity index is 520. The van der Waals surface area contributed by atoms with Crippen LogP contribution in [0.5, 0.6) is 0 Å². The first-order valence-electron chi connectivity index (χ1n) is 7.07. The normalized spacial score (nSPS) is 23.4. The average Bonchev–Trinajstić information content (AvgIpc) is 2.44. The summed E-state index contributed by atoms with van der Waals surface area (Å²) >= 11 is 0. The van der Waals surface area contributed by atoms with E-state index >= 15 is 0 Å². The van der Waals surface area contributed by atoms with E-state index in [1.165, 1.54) is 6.07 Å². The summed E-state index contributed by atoms with van der Waals surface area (Å²) in [6.07, 6.45) is 4.82. The van der Waals surface area contributed by atoms with Crippen LogP contribution in [0.3, 0.4) is 0 Å². The van der Waals surface area contributed by atoms with E-state index in [0.29, 0.717) is 11.5 Å². The third-order valence-electron chi connectivity index (χ3n) is 4.06. The minimum absolute atomic E-state index is 0.148. The SMILES string of the molecule is C=C/C=C/C1CCC(c2ccc(C(F)(F)F)c(F)c2)CC1. The van der Waals surface area contributed by atoms with E-state index in [4.69, 9.17) is 0 Å². The highest BCUT2D eigenvalue weighted by Crippen LogP contribution is 2.38. The fourth-order valence-corrected chi connectivity index (χ4v) is 2.90. The summed E-state index contributed by atoms with van der Waals surface area (Å²) in [5, 5.41) is 0. The molecule has 1 aliphatic rings. The van der Waals surface area contributed by atoms with E-state index in [1.807, 2.05) is 6.08 Å². The molecular weight excluding hydrogens is 280 g/mol. The number of hydrogen-bond acceptors (Lipinski definition) is 0. The van der Waals surface area contributed by atoms with Gasteiger partial charge in [-0.1, -0.05) is 30.9 Å². The Labute approximate surface area is 122 Å². The molecule has 0 nitrogen and oxygen atoms in total. The van der Waals surface area contributed by atoms with Crippen molar-refractivity contribution in [1.82, 2.24) is 0 Å². The fraction of sp³-hybridized carbons (Fsp3) is 0.412. The number of hydrogen-bond donors (Lipinski definition) is 0. The maximum absolute atomic E-state index is 13.6. The van der Waals surface area contributed by atoms with Crippen LogP contribution >= 0.6 is 0 Å². The van der Waals surface area contributed by atoms with Crippen molar-refractivity contribution < 1.29 is 17.6 Å². The van der Waals surface area contributed by atoms with Crippen molar-refractivity contribution in [1.29, 1.82) is 0 Å². The topological polar surface area (TPSA) is 0 Å². The number of alkyl halides is 3. The molecule has 2 rings (SSSR count). The Morgan fingerprint density at radius 2 is 1.76 bits per heavy atom. The molecule has 0 unspecified atom stereocenters. The van der Waals surface area contributed by atoms with Crippen molar-refractivity contribution in [3.8, 4) is 0 Å². The second kappa shape index (κ2) is 6.46. The third-order valence-corrected chi connectivity index (χ3v) is 4.06. The molecule has 4 heteroatoms. The first-order valence-corrected chi connectivity index (χ1v) is 7.07. The first-order chi connectivity index (χ1) is 9.91. The molecule has 21 heavy (non-hydrogen) atoms. The molecule has 0 saturated heterocycles. The van der Waals surface area contributed by atoms with E-state index in [9.17, 15) is 17.6 Å². The van der Waals surface area contributed by atoms with E-state index in [2.05, 4.69) is 12.7 Å². The van der Waals surface area contributed by atoms with Crippen molar-refractivity contribution in [3.05, 3.63) is 60.0 Å². The molecule has 0 atom stereocenters. The maximum Gasteiger partial charge on any atom is 0.419 e. The van der Waals surface area contributed by atoms with E-state index in [1.54, 1.807) is 6.08 Å². The summed E-state index contributed by atoms with van der Waals surface area (Å²) in [5.41, 5.74) is -0.513. The van der Waals surface area contributed by atoms with Crippen LogP contribution < -0.4 is 0 Å². The lowest BCUT2D eigenvalue weighted by Crippen LogP contribution is -2.13. The van der Waals surface area contributed by atoms with Gasteiger partial charge in [0.1, 0.15) is 5.82 Å². The second-order valence-corrected chi connectivity index (χ2v) is 5.47. The summed E-state index contributed by atoms with van der Waals surface area (Å²) in [6.45, 7) is 3.62. The molecule has 1 aromatic rings. The van der Waals surface area contributed by atoms with Gasteiger partial charge in [0.05, 0.1) is 5.56 Å². The Balaban J connectivity index is 2.06. The van der Waals surface area contributed by atoms with Crippen molar-refractivity contribution in [2.24, 2.45) is 5.92 Å². The van der Waals surface area contributed by atoms with Crippen molar-refractivity contribution in [2.45, 2.75) is 37.8 Å². The van der Waals surface area contributed by atoms with Crippen LogP contribution in [-0.4, -0.2) is 0 Å². The molecule has 1 saturated carbocycles. The molecule has 114 valence electrons. The van der Waals surface area contributed by atoms with Gasteiger partial charge in [0, 0.05) is 0 Å². The van der Waals surface area contributed by atoms with Gasteiger partial charge in [-0.3, -0.25) is 0 Å².